The standard InChI is InChI=1S/C22H26N2O/c25-20(11-4-6-16-12-14-23-15-13-16)24-22-19-10-5-9-18(19)21(22)17-7-2-1-3-8-17/h1-3,7-8,12-15,18-19,21-22H,4-6,9-11H2,(H,24,25)/t18-,19-,21+,22-/m1/s1. The number of aryl methyl sites for hydroxylation is 1. The zero-order valence-corrected chi connectivity index (χ0v) is 14.6. The molecule has 1 amide bonds. The van der Waals surface area contributed by atoms with Gasteiger partial charge in [0.15, 0.2) is 0 Å². The highest BCUT2D eigenvalue weighted by Crippen LogP contribution is 2.55. The second-order valence-corrected chi connectivity index (χ2v) is 7.50. The van der Waals surface area contributed by atoms with Crippen molar-refractivity contribution < 1.29 is 4.79 Å². The average molecular weight is 334 g/mol. The minimum atomic E-state index is 0.213. The molecule has 2 aromatic rings. The van der Waals surface area contributed by atoms with Gasteiger partial charge in [-0.1, -0.05) is 36.8 Å². The van der Waals surface area contributed by atoms with E-state index in [0.29, 0.717) is 24.3 Å². The third kappa shape index (κ3) is 3.46. The topological polar surface area (TPSA) is 42.0 Å². The maximum atomic E-state index is 12.5. The summed E-state index contributed by atoms with van der Waals surface area (Å²) in [6, 6.07) is 15.1. The van der Waals surface area contributed by atoms with E-state index in [0.717, 1.165) is 18.8 Å². The van der Waals surface area contributed by atoms with E-state index in [1.165, 1.54) is 30.4 Å². The molecule has 2 saturated carbocycles. The van der Waals surface area contributed by atoms with Crippen LogP contribution in [0.15, 0.2) is 54.9 Å². The van der Waals surface area contributed by atoms with Gasteiger partial charge in [0.1, 0.15) is 0 Å². The molecule has 1 aromatic carbocycles. The predicted molar refractivity (Wildman–Crippen MR) is 99.1 cm³/mol. The number of fused-ring (bicyclic) bond motifs is 1. The van der Waals surface area contributed by atoms with Crippen molar-refractivity contribution in [2.45, 2.75) is 50.5 Å². The van der Waals surface area contributed by atoms with Gasteiger partial charge in [-0.25, -0.2) is 0 Å². The van der Waals surface area contributed by atoms with Crippen molar-refractivity contribution in [1.82, 2.24) is 10.3 Å². The summed E-state index contributed by atoms with van der Waals surface area (Å²) in [4.78, 5) is 16.5. The SMILES string of the molecule is O=C(CCCc1ccncc1)N[C@@H]1[C@@H]2CCC[C@H]2[C@@H]1c1ccccc1. The quantitative estimate of drug-likeness (QED) is 0.864. The number of carbonyl (C=O) groups is 1. The molecule has 0 radical (unpaired) electrons. The lowest BCUT2D eigenvalue weighted by Crippen LogP contribution is -2.56. The summed E-state index contributed by atoms with van der Waals surface area (Å²) < 4.78 is 0. The Balaban J connectivity index is 1.33. The van der Waals surface area contributed by atoms with E-state index >= 15 is 0 Å². The average Bonchev–Trinajstić information content (AvgIpc) is 3.05. The third-order valence-electron chi connectivity index (χ3n) is 6.07. The van der Waals surface area contributed by atoms with Crippen molar-refractivity contribution in [3.05, 3.63) is 66.0 Å². The first-order valence-corrected chi connectivity index (χ1v) is 9.56. The van der Waals surface area contributed by atoms with Gasteiger partial charge < -0.3 is 5.32 Å². The Morgan fingerprint density at radius 3 is 2.60 bits per heavy atom. The number of nitrogens with one attached hydrogen (secondary N) is 1. The number of hydrogen-bond acceptors (Lipinski definition) is 2. The highest BCUT2D eigenvalue weighted by atomic mass is 16.1. The molecule has 1 N–H and O–H groups in total. The Kier molecular flexibility index (Phi) is 4.82. The molecule has 1 aromatic heterocycles. The van der Waals surface area contributed by atoms with Gasteiger partial charge in [-0.2, -0.15) is 0 Å². The normalized spacial score (nSPS) is 27.4. The number of nitrogens with zero attached hydrogens (tertiary/aromatic N) is 1. The molecule has 0 aliphatic heterocycles. The lowest BCUT2D eigenvalue weighted by Gasteiger charge is -2.49. The number of hydrogen-bond donors (Lipinski definition) is 1. The van der Waals surface area contributed by atoms with Crippen LogP contribution in [0.5, 0.6) is 0 Å². The zero-order chi connectivity index (χ0) is 17.1. The molecule has 130 valence electrons. The van der Waals surface area contributed by atoms with Crippen molar-refractivity contribution in [3.63, 3.8) is 0 Å². The van der Waals surface area contributed by atoms with E-state index in [-0.39, 0.29) is 5.91 Å². The molecule has 1 heterocycles. The second kappa shape index (κ2) is 7.38. The van der Waals surface area contributed by atoms with E-state index in [2.05, 4.69) is 40.6 Å². The van der Waals surface area contributed by atoms with E-state index in [1.807, 2.05) is 24.5 Å². The lowest BCUT2D eigenvalue weighted by atomic mass is 9.60. The number of aromatic nitrogens is 1. The van der Waals surface area contributed by atoms with Gasteiger partial charge in [-0.05, 0) is 60.8 Å². The maximum Gasteiger partial charge on any atom is 0.220 e. The molecule has 4 rings (SSSR count). The van der Waals surface area contributed by atoms with Crippen LogP contribution in [0.1, 0.15) is 49.1 Å². The van der Waals surface area contributed by atoms with Crippen LogP contribution in [0, 0.1) is 11.8 Å². The van der Waals surface area contributed by atoms with E-state index < -0.39 is 0 Å². The first-order chi connectivity index (χ1) is 12.3. The summed E-state index contributed by atoms with van der Waals surface area (Å²) in [7, 11) is 0. The van der Waals surface area contributed by atoms with Gasteiger partial charge in [0.2, 0.25) is 5.91 Å². The fraction of sp³-hybridized carbons (Fsp3) is 0.455. The van der Waals surface area contributed by atoms with Gasteiger partial charge in [0.25, 0.3) is 0 Å². The van der Waals surface area contributed by atoms with Gasteiger partial charge >= 0.3 is 0 Å². The molecule has 3 heteroatoms. The van der Waals surface area contributed by atoms with E-state index in [9.17, 15) is 4.79 Å². The molecule has 0 spiro atoms. The number of rotatable bonds is 6. The summed E-state index contributed by atoms with van der Waals surface area (Å²) >= 11 is 0. The zero-order valence-electron chi connectivity index (χ0n) is 14.6. The van der Waals surface area contributed by atoms with Crippen LogP contribution in [-0.2, 0) is 11.2 Å². The maximum absolute atomic E-state index is 12.5. The molecule has 0 bridgehead atoms. The van der Waals surface area contributed by atoms with Crippen molar-refractivity contribution >= 4 is 5.91 Å². The molecule has 25 heavy (non-hydrogen) atoms. The molecule has 2 fully saturated rings. The van der Waals surface area contributed by atoms with Crippen molar-refractivity contribution in [1.29, 1.82) is 0 Å². The number of amides is 1. The second-order valence-electron chi connectivity index (χ2n) is 7.50. The van der Waals surface area contributed by atoms with Crippen LogP contribution in [0.3, 0.4) is 0 Å². The number of benzene rings is 1. The predicted octanol–water partition coefficient (Wildman–Crippen LogP) is 4.10. The smallest absolute Gasteiger partial charge is 0.220 e. The van der Waals surface area contributed by atoms with Crippen molar-refractivity contribution in [3.8, 4) is 0 Å². The molecule has 0 unspecified atom stereocenters. The molecule has 4 atom stereocenters. The summed E-state index contributed by atoms with van der Waals surface area (Å²) in [5.74, 6) is 2.18. The van der Waals surface area contributed by atoms with Crippen LogP contribution >= 0.6 is 0 Å². The molecule has 0 saturated heterocycles. The summed E-state index contributed by atoms with van der Waals surface area (Å²) in [5, 5.41) is 3.37. The fourth-order valence-electron chi connectivity index (χ4n) is 4.88. The van der Waals surface area contributed by atoms with Gasteiger partial charge in [-0.15, -0.1) is 0 Å². The van der Waals surface area contributed by atoms with Crippen molar-refractivity contribution in [2.75, 3.05) is 0 Å². The van der Waals surface area contributed by atoms with Gasteiger partial charge in [-0.3, -0.25) is 9.78 Å². The van der Waals surface area contributed by atoms with E-state index in [1.54, 1.807) is 0 Å². The first kappa shape index (κ1) is 16.3. The van der Waals surface area contributed by atoms with Crippen LogP contribution in [0.4, 0.5) is 0 Å². The molecule has 3 nitrogen and oxygen atoms in total. The lowest BCUT2D eigenvalue weighted by molar-refractivity contribution is -0.124. The largest absolute Gasteiger partial charge is 0.352 e. The summed E-state index contributed by atoms with van der Waals surface area (Å²) in [6.07, 6.45) is 9.98. The van der Waals surface area contributed by atoms with E-state index in [4.69, 9.17) is 0 Å². The van der Waals surface area contributed by atoms with Crippen LogP contribution in [0.2, 0.25) is 0 Å². The van der Waals surface area contributed by atoms with Crippen molar-refractivity contribution in [2.24, 2.45) is 11.8 Å². The number of carbonyl (C=O) groups excluding carboxylic acids is 1. The number of pyridine rings is 1. The minimum absolute atomic E-state index is 0.213. The molecular formula is C22H26N2O. The summed E-state index contributed by atoms with van der Waals surface area (Å²) in [5.41, 5.74) is 2.65. The van der Waals surface area contributed by atoms with Gasteiger partial charge in [0.05, 0.1) is 0 Å². The Labute approximate surface area is 149 Å². The first-order valence-electron chi connectivity index (χ1n) is 9.56. The molecular weight excluding hydrogens is 308 g/mol. The minimum Gasteiger partial charge on any atom is -0.352 e. The monoisotopic (exact) mass is 334 g/mol. The highest BCUT2D eigenvalue weighted by molar-refractivity contribution is 5.76. The Morgan fingerprint density at radius 2 is 1.80 bits per heavy atom. The molecule has 2 aliphatic rings. The van der Waals surface area contributed by atoms with Crippen LogP contribution < -0.4 is 5.32 Å². The Hall–Kier alpha value is -2.16. The summed E-state index contributed by atoms with van der Waals surface area (Å²) in [6.45, 7) is 0. The highest BCUT2D eigenvalue weighted by Gasteiger charge is 2.53. The van der Waals surface area contributed by atoms with Gasteiger partial charge in [0, 0.05) is 30.8 Å². The van der Waals surface area contributed by atoms with Crippen LogP contribution in [-0.4, -0.2) is 16.9 Å². The molecule has 2 aliphatic carbocycles. The fourth-order valence-corrected chi connectivity index (χ4v) is 4.88. The third-order valence-corrected chi connectivity index (χ3v) is 6.07. The van der Waals surface area contributed by atoms with Crippen LogP contribution in [0.25, 0.3) is 0 Å². The Morgan fingerprint density at radius 1 is 1.04 bits per heavy atom. The Bertz CT molecular complexity index is 700.